The van der Waals surface area contributed by atoms with Gasteiger partial charge in [0.25, 0.3) is 0 Å². The fraction of sp³-hybridized carbons (Fsp3) is 0.375. The summed E-state index contributed by atoms with van der Waals surface area (Å²) in [6, 6.07) is 7.14. The molecule has 0 saturated carbocycles. The Morgan fingerprint density at radius 3 is 2.88 bits per heavy atom. The van der Waals surface area contributed by atoms with Gasteiger partial charge in [0.2, 0.25) is 0 Å². The van der Waals surface area contributed by atoms with Gasteiger partial charge in [-0.15, -0.1) is 0 Å². The molecule has 1 nitrogen and oxygen atoms in total. The van der Waals surface area contributed by atoms with Crippen molar-refractivity contribution in [1.82, 2.24) is 0 Å². The Morgan fingerprint density at radius 1 is 1.24 bits per heavy atom. The third-order valence-corrected chi connectivity index (χ3v) is 4.07. The quantitative estimate of drug-likeness (QED) is 0.795. The molecule has 3 unspecified atom stereocenters. The van der Waals surface area contributed by atoms with Crippen LogP contribution in [0.15, 0.2) is 42.5 Å². The van der Waals surface area contributed by atoms with E-state index in [-0.39, 0.29) is 0 Å². The highest BCUT2D eigenvalue weighted by atomic mass is 15.0. The third-order valence-electron chi connectivity index (χ3n) is 4.07. The van der Waals surface area contributed by atoms with E-state index in [1.165, 1.54) is 23.2 Å². The number of benzene rings is 1. The molecule has 0 spiro atoms. The van der Waals surface area contributed by atoms with Crippen molar-refractivity contribution >= 4 is 5.69 Å². The molecule has 0 amide bonds. The summed E-state index contributed by atoms with van der Waals surface area (Å²) in [5.41, 5.74) is 4.37. The van der Waals surface area contributed by atoms with E-state index in [0.717, 1.165) is 0 Å². The molecule has 0 bridgehead atoms. The highest BCUT2D eigenvalue weighted by Gasteiger charge is 2.32. The minimum atomic E-state index is 0.459. The fourth-order valence-corrected chi connectivity index (χ4v) is 2.93. The Kier molecular flexibility index (Phi) is 2.54. The molecule has 88 valence electrons. The standard InChI is InChI=1S/C16H19N/c1-3-11(2)12-8-6-10-15-16(12)13-7-4-5-9-14(13)17-15/h4-11,13-14,17H,3H2,1-2H3. The maximum atomic E-state index is 3.62. The summed E-state index contributed by atoms with van der Waals surface area (Å²) in [5.74, 6) is 1.17. The maximum absolute atomic E-state index is 3.62. The number of hydrogen-bond acceptors (Lipinski definition) is 1. The second-order valence-corrected chi connectivity index (χ2v) is 5.08. The minimum absolute atomic E-state index is 0.459. The van der Waals surface area contributed by atoms with Gasteiger partial charge in [0, 0.05) is 11.6 Å². The molecule has 3 rings (SSSR count). The molecule has 0 radical (unpaired) electrons. The molecule has 0 fully saturated rings. The Bertz CT molecular complexity index is 484. The van der Waals surface area contributed by atoms with Crippen LogP contribution in [0, 0.1) is 0 Å². The van der Waals surface area contributed by atoms with E-state index in [1.54, 1.807) is 0 Å². The largest absolute Gasteiger partial charge is 0.378 e. The number of nitrogens with one attached hydrogen (secondary N) is 1. The fourth-order valence-electron chi connectivity index (χ4n) is 2.93. The zero-order chi connectivity index (χ0) is 11.8. The van der Waals surface area contributed by atoms with Gasteiger partial charge in [-0.1, -0.05) is 50.3 Å². The average molecular weight is 225 g/mol. The van der Waals surface area contributed by atoms with Crippen molar-refractivity contribution in [3.05, 3.63) is 53.6 Å². The summed E-state index contributed by atoms with van der Waals surface area (Å²) in [7, 11) is 0. The van der Waals surface area contributed by atoms with Crippen molar-refractivity contribution < 1.29 is 0 Å². The molecular weight excluding hydrogens is 206 g/mol. The smallest absolute Gasteiger partial charge is 0.0551 e. The van der Waals surface area contributed by atoms with Crippen molar-refractivity contribution in [2.24, 2.45) is 0 Å². The normalized spacial score (nSPS) is 26.2. The molecule has 2 aliphatic rings. The van der Waals surface area contributed by atoms with E-state index in [1.807, 2.05) is 0 Å². The number of hydrogen-bond donors (Lipinski definition) is 1. The molecule has 0 aromatic heterocycles. The first-order chi connectivity index (χ1) is 8.31. The van der Waals surface area contributed by atoms with Gasteiger partial charge >= 0.3 is 0 Å². The van der Waals surface area contributed by atoms with Gasteiger partial charge in [-0.25, -0.2) is 0 Å². The van der Waals surface area contributed by atoms with Crippen molar-refractivity contribution in [3.8, 4) is 0 Å². The van der Waals surface area contributed by atoms with Crippen LogP contribution in [0.2, 0.25) is 0 Å². The molecule has 1 heterocycles. The monoisotopic (exact) mass is 225 g/mol. The van der Waals surface area contributed by atoms with Crippen LogP contribution in [-0.4, -0.2) is 6.04 Å². The van der Waals surface area contributed by atoms with Gasteiger partial charge in [-0.2, -0.15) is 0 Å². The van der Waals surface area contributed by atoms with Gasteiger partial charge < -0.3 is 5.32 Å². The predicted octanol–water partition coefficient (Wildman–Crippen LogP) is 4.20. The number of allylic oxidation sites excluding steroid dienone is 2. The first-order valence-electron chi connectivity index (χ1n) is 6.55. The van der Waals surface area contributed by atoms with Crippen LogP contribution in [0.1, 0.15) is 43.2 Å². The molecule has 1 N–H and O–H groups in total. The summed E-state index contributed by atoms with van der Waals surface area (Å²) < 4.78 is 0. The molecule has 3 atom stereocenters. The van der Waals surface area contributed by atoms with E-state index in [2.05, 4.69) is 61.7 Å². The first kappa shape index (κ1) is 10.6. The summed E-state index contributed by atoms with van der Waals surface area (Å²) in [6.45, 7) is 4.59. The van der Waals surface area contributed by atoms with Gasteiger partial charge in [-0.3, -0.25) is 0 Å². The van der Waals surface area contributed by atoms with E-state index < -0.39 is 0 Å². The molecule has 1 aliphatic heterocycles. The SMILES string of the molecule is CCC(C)c1cccc2c1C1C=CC=CC1N2. The average Bonchev–Trinajstić information content (AvgIpc) is 2.76. The number of rotatable bonds is 2. The summed E-state index contributed by atoms with van der Waals surface area (Å²) in [6.07, 6.45) is 10.1. The number of fused-ring (bicyclic) bond motifs is 3. The second-order valence-electron chi connectivity index (χ2n) is 5.08. The lowest BCUT2D eigenvalue weighted by molar-refractivity contribution is 0.709. The molecule has 1 aromatic rings. The third kappa shape index (κ3) is 1.61. The predicted molar refractivity (Wildman–Crippen MR) is 73.6 cm³/mol. The Morgan fingerprint density at radius 2 is 2.06 bits per heavy atom. The van der Waals surface area contributed by atoms with Crippen LogP contribution in [0.25, 0.3) is 0 Å². The summed E-state index contributed by atoms with van der Waals surface area (Å²) >= 11 is 0. The van der Waals surface area contributed by atoms with Crippen molar-refractivity contribution in [3.63, 3.8) is 0 Å². The van der Waals surface area contributed by atoms with Crippen LogP contribution in [-0.2, 0) is 0 Å². The van der Waals surface area contributed by atoms with Crippen LogP contribution >= 0.6 is 0 Å². The minimum Gasteiger partial charge on any atom is -0.378 e. The lowest BCUT2D eigenvalue weighted by atomic mass is 9.84. The van der Waals surface area contributed by atoms with Crippen LogP contribution < -0.4 is 5.32 Å². The summed E-state index contributed by atoms with van der Waals surface area (Å²) in [4.78, 5) is 0. The first-order valence-corrected chi connectivity index (χ1v) is 6.55. The van der Waals surface area contributed by atoms with E-state index in [9.17, 15) is 0 Å². The Balaban J connectivity index is 2.09. The van der Waals surface area contributed by atoms with Crippen molar-refractivity contribution in [1.29, 1.82) is 0 Å². The zero-order valence-electron chi connectivity index (χ0n) is 10.5. The van der Waals surface area contributed by atoms with Crippen LogP contribution in [0.4, 0.5) is 5.69 Å². The van der Waals surface area contributed by atoms with Crippen LogP contribution in [0.3, 0.4) is 0 Å². The van der Waals surface area contributed by atoms with E-state index in [0.29, 0.717) is 17.9 Å². The molecule has 0 saturated heterocycles. The highest BCUT2D eigenvalue weighted by Crippen LogP contribution is 2.43. The van der Waals surface area contributed by atoms with E-state index in [4.69, 9.17) is 0 Å². The number of anilines is 1. The Labute approximate surface area is 103 Å². The van der Waals surface area contributed by atoms with Crippen molar-refractivity contribution in [2.75, 3.05) is 5.32 Å². The van der Waals surface area contributed by atoms with E-state index >= 15 is 0 Å². The zero-order valence-corrected chi connectivity index (χ0v) is 10.5. The topological polar surface area (TPSA) is 12.0 Å². The summed E-state index contributed by atoms with van der Waals surface area (Å²) in [5, 5.41) is 3.62. The van der Waals surface area contributed by atoms with Gasteiger partial charge in [0.05, 0.1) is 6.04 Å². The van der Waals surface area contributed by atoms with Gasteiger partial charge in [0.15, 0.2) is 0 Å². The Hall–Kier alpha value is -1.50. The highest BCUT2D eigenvalue weighted by molar-refractivity contribution is 5.66. The van der Waals surface area contributed by atoms with Crippen LogP contribution in [0.5, 0.6) is 0 Å². The molecular formula is C16H19N. The molecule has 1 heteroatoms. The van der Waals surface area contributed by atoms with Gasteiger partial charge in [0.1, 0.15) is 0 Å². The van der Waals surface area contributed by atoms with Crippen molar-refractivity contribution in [2.45, 2.75) is 38.1 Å². The lowest BCUT2D eigenvalue weighted by Crippen LogP contribution is -2.18. The van der Waals surface area contributed by atoms with Gasteiger partial charge in [-0.05, 0) is 29.5 Å². The molecule has 17 heavy (non-hydrogen) atoms. The maximum Gasteiger partial charge on any atom is 0.0551 e. The molecule has 1 aromatic carbocycles. The second kappa shape index (κ2) is 4.06. The molecule has 1 aliphatic carbocycles. The lowest BCUT2D eigenvalue weighted by Gasteiger charge is -2.19.